The minimum absolute atomic E-state index is 0.00145. The average molecular weight is 301 g/mol. The first kappa shape index (κ1) is 13.5. The molecule has 0 aliphatic heterocycles. The fraction of sp³-hybridized carbons (Fsp3) is 0.167. The van der Waals surface area contributed by atoms with Crippen molar-refractivity contribution in [3.63, 3.8) is 0 Å². The Bertz CT molecular complexity index is 583. The molecule has 0 bridgehead atoms. The number of ketones is 1. The number of carbonyl (C=O) groups is 1. The summed E-state index contributed by atoms with van der Waals surface area (Å²) in [6.45, 7) is 0. The molecule has 1 aromatic carbocycles. The lowest BCUT2D eigenvalue weighted by Crippen LogP contribution is -2.03. The quantitative estimate of drug-likeness (QED) is 0.638. The summed E-state index contributed by atoms with van der Waals surface area (Å²) >= 11 is 13.1. The number of hydrogen-bond donors (Lipinski definition) is 0. The highest BCUT2D eigenvalue weighted by Crippen LogP contribution is 2.24. The van der Waals surface area contributed by atoms with E-state index in [1.807, 2.05) is 17.8 Å². The van der Waals surface area contributed by atoms with Crippen LogP contribution in [0, 0.1) is 0 Å². The second-order valence-corrected chi connectivity index (χ2v) is 5.42. The van der Waals surface area contributed by atoms with Crippen molar-refractivity contribution in [2.75, 3.05) is 5.75 Å². The number of Topliss-reactive ketones (excluding diaryl/α,β-unsaturated/α-hetero) is 1. The normalized spacial score (nSPS) is 10.6. The molecular formula is C12H10Cl2N2OS. The number of nitrogens with zero attached hydrogens (tertiary/aromatic N) is 2. The average Bonchev–Trinajstić information content (AvgIpc) is 2.75. The monoisotopic (exact) mass is 300 g/mol. The van der Waals surface area contributed by atoms with Crippen molar-refractivity contribution in [1.82, 2.24) is 9.55 Å². The van der Waals surface area contributed by atoms with Gasteiger partial charge in [0, 0.05) is 25.0 Å². The highest BCUT2D eigenvalue weighted by atomic mass is 35.5. The summed E-state index contributed by atoms with van der Waals surface area (Å²) in [6.07, 6.45) is 3.54. The molecule has 0 N–H and O–H groups in total. The van der Waals surface area contributed by atoms with Crippen LogP contribution in [0.15, 0.2) is 35.7 Å². The molecule has 6 heteroatoms. The van der Waals surface area contributed by atoms with Crippen molar-refractivity contribution < 1.29 is 4.79 Å². The molecule has 0 radical (unpaired) electrons. The van der Waals surface area contributed by atoms with E-state index in [-0.39, 0.29) is 5.78 Å². The molecule has 0 fully saturated rings. The standard InChI is InChI=1S/C12H10Cl2N2OS/c1-16-5-4-15-12(16)18-7-11(17)8-2-3-9(13)10(14)6-8/h2-6H,7H2,1H3. The molecule has 2 rings (SSSR count). The van der Waals surface area contributed by atoms with Crippen molar-refractivity contribution in [2.24, 2.45) is 7.05 Å². The Morgan fingerprint density at radius 1 is 1.39 bits per heavy atom. The van der Waals surface area contributed by atoms with Gasteiger partial charge in [0.25, 0.3) is 0 Å². The van der Waals surface area contributed by atoms with Gasteiger partial charge in [0.2, 0.25) is 0 Å². The Kier molecular flexibility index (Phi) is 4.32. The Morgan fingerprint density at radius 3 is 2.78 bits per heavy atom. The van der Waals surface area contributed by atoms with Crippen LogP contribution in [0.2, 0.25) is 10.0 Å². The minimum Gasteiger partial charge on any atom is -0.329 e. The van der Waals surface area contributed by atoms with Crippen LogP contribution in [0.1, 0.15) is 10.4 Å². The van der Waals surface area contributed by atoms with E-state index in [9.17, 15) is 4.79 Å². The first-order chi connectivity index (χ1) is 8.58. The molecule has 2 aromatic rings. The van der Waals surface area contributed by atoms with Crippen molar-refractivity contribution >= 4 is 40.7 Å². The van der Waals surface area contributed by atoms with Crippen LogP contribution in [0.25, 0.3) is 0 Å². The third-order valence-electron chi connectivity index (χ3n) is 2.35. The van der Waals surface area contributed by atoms with Gasteiger partial charge in [-0.25, -0.2) is 4.98 Å². The summed E-state index contributed by atoms with van der Waals surface area (Å²) in [7, 11) is 1.89. The summed E-state index contributed by atoms with van der Waals surface area (Å²) in [5, 5.41) is 1.65. The van der Waals surface area contributed by atoms with Crippen molar-refractivity contribution in [3.05, 3.63) is 46.2 Å². The third kappa shape index (κ3) is 3.07. The maximum Gasteiger partial charge on any atom is 0.173 e. The molecule has 3 nitrogen and oxygen atoms in total. The van der Waals surface area contributed by atoms with Crippen LogP contribution in [-0.4, -0.2) is 21.1 Å². The van der Waals surface area contributed by atoms with Gasteiger partial charge in [0.05, 0.1) is 15.8 Å². The number of thioether (sulfide) groups is 1. The summed E-state index contributed by atoms with van der Waals surface area (Å²) in [6, 6.07) is 4.89. The highest BCUT2D eigenvalue weighted by Gasteiger charge is 2.10. The third-order valence-corrected chi connectivity index (χ3v) is 4.15. The van der Waals surface area contributed by atoms with Crippen molar-refractivity contribution in [3.8, 4) is 0 Å². The maximum absolute atomic E-state index is 12.0. The van der Waals surface area contributed by atoms with Crippen molar-refractivity contribution in [1.29, 1.82) is 0 Å². The van der Waals surface area contributed by atoms with E-state index in [1.165, 1.54) is 11.8 Å². The van der Waals surface area contributed by atoms with Gasteiger partial charge in [0.1, 0.15) is 0 Å². The van der Waals surface area contributed by atoms with Crippen LogP contribution in [-0.2, 0) is 7.05 Å². The molecule has 0 saturated carbocycles. The van der Waals surface area contributed by atoms with Gasteiger partial charge in [-0.15, -0.1) is 0 Å². The molecule has 0 unspecified atom stereocenters. The van der Waals surface area contributed by atoms with Crippen LogP contribution in [0.5, 0.6) is 0 Å². The van der Waals surface area contributed by atoms with Crippen LogP contribution >= 0.6 is 35.0 Å². The largest absolute Gasteiger partial charge is 0.329 e. The van der Waals surface area contributed by atoms with Gasteiger partial charge in [-0.1, -0.05) is 35.0 Å². The zero-order chi connectivity index (χ0) is 13.1. The van der Waals surface area contributed by atoms with E-state index < -0.39 is 0 Å². The summed E-state index contributed by atoms with van der Waals surface area (Å²) in [5.41, 5.74) is 0.561. The summed E-state index contributed by atoms with van der Waals surface area (Å²) < 4.78 is 1.87. The molecule has 0 aliphatic rings. The molecule has 18 heavy (non-hydrogen) atoms. The molecule has 0 atom stereocenters. The van der Waals surface area contributed by atoms with E-state index >= 15 is 0 Å². The molecule has 0 aliphatic carbocycles. The fourth-order valence-electron chi connectivity index (χ4n) is 1.37. The van der Waals surface area contributed by atoms with Crippen LogP contribution < -0.4 is 0 Å². The lowest BCUT2D eigenvalue weighted by molar-refractivity contribution is 0.102. The molecular weight excluding hydrogens is 291 g/mol. The SMILES string of the molecule is Cn1ccnc1SCC(=O)c1ccc(Cl)c(Cl)c1. The molecule has 0 amide bonds. The maximum atomic E-state index is 12.0. The minimum atomic E-state index is 0.00145. The number of aryl methyl sites for hydroxylation is 1. The van der Waals surface area contributed by atoms with E-state index in [0.717, 1.165) is 5.16 Å². The van der Waals surface area contributed by atoms with Gasteiger partial charge >= 0.3 is 0 Å². The Labute approximate surface area is 119 Å². The van der Waals surface area contributed by atoms with E-state index in [4.69, 9.17) is 23.2 Å². The Morgan fingerprint density at radius 2 is 2.17 bits per heavy atom. The number of carbonyl (C=O) groups excluding carboxylic acids is 1. The van der Waals surface area contributed by atoms with Crippen LogP contribution in [0.3, 0.4) is 0 Å². The molecule has 94 valence electrons. The summed E-state index contributed by atoms with van der Waals surface area (Å²) in [5.74, 6) is 0.324. The van der Waals surface area contributed by atoms with E-state index in [0.29, 0.717) is 21.4 Å². The molecule has 1 aromatic heterocycles. The molecule has 0 saturated heterocycles. The van der Waals surface area contributed by atoms with Gasteiger partial charge in [-0.05, 0) is 18.2 Å². The molecule has 0 spiro atoms. The fourth-order valence-corrected chi connectivity index (χ4v) is 2.50. The predicted molar refractivity (Wildman–Crippen MR) is 74.7 cm³/mol. The second-order valence-electron chi connectivity index (χ2n) is 3.66. The molecule has 1 heterocycles. The first-order valence-corrected chi connectivity index (χ1v) is 6.90. The lowest BCUT2D eigenvalue weighted by atomic mass is 10.1. The zero-order valence-corrected chi connectivity index (χ0v) is 11.9. The number of halogens is 2. The van der Waals surface area contributed by atoms with Crippen LogP contribution in [0.4, 0.5) is 0 Å². The van der Waals surface area contributed by atoms with E-state index in [2.05, 4.69) is 4.98 Å². The first-order valence-electron chi connectivity index (χ1n) is 5.16. The van der Waals surface area contributed by atoms with Gasteiger partial charge in [-0.3, -0.25) is 4.79 Å². The second kappa shape index (κ2) is 5.78. The van der Waals surface area contributed by atoms with Gasteiger partial charge in [-0.2, -0.15) is 0 Å². The smallest absolute Gasteiger partial charge is 0.173 e. The number of imidazole rings is 1. The highest BCUT2D eigenvalue weighted by molar-refractivity contribution is 7.99. The van der Waals surface area contributed by atoms with Crippen molar-refractivity contribution in [2.45, 2.75) is 5.16 Å². The topological polar surface area (TPSA) is 34.9 Å². The lowest BCUT2D eigenvalue weighted by Gasteiger charge is -2.03. The number of benzene rings is 1. The van der Waals surface area contributed by atoms with Gasteiger partial charge in [0.15, 0.2) is 10.9 Å². The van der Waals surface area contributed by atoms with Gasteiger partial charge < -0.3 is 4.57 Å². The zero-order valence-electron chi connectivity index (χ0n) is 9.56. The number of rotatable bonds is 4. The summed E-state index contributed by atoms with van der Waals surface area (Å²) in [4.78, 5) is 16.1. The Balaban J connectivity index is 2.04. The number of hydrogen-bond acceptors (Lipinski definition) is 3. The number of aromatic nitrogens is 2. The van der Waals surface area contributed by atoms with E-state index in [1.54, 1.807) is 24.4 Å². The predicted octanol–water partition coefficient (Wildman–Crippen LogP) is 3.70. The Hall–Kier alpha value is -0.970.